The molecule has 0 saturated carbocycles. The maximum absolute atomic E-state index is 12.9. The molecule has 0 aliphatic heterocycles. The van der Waals surface area contributed by atoms with Gasteiger partial charge in [0, 0.05) is 8.95 Å². The number of benzene rings is 1. The molecule has 0 spiro atoms. The zero-order chi connectivity index (χ0) is 17.9. The van der Waals surface area contributed by atoms with E-state index in [4.69, 9.17) is 10.00 Å². The topological polar surface area (TPSA) is 63.2 Å². The molecule has 0 unspecified atom stereocenters. The van der Waals surface area contributed by atoms with Crippen LogP contribution in [0.4, 0.5) is 19.0 Å². The predicted octanol–water partition coefficient (Wildman–Crippen LogP) is 4.98. The molecular weight excluding hydrogens is 457 g/mol. The number of nitrogens with zero attached hydrogens (tertiary/aromatic N) is 4. The molecule has 126 valence electrons. The van der Waals surface area contributed by atoms with Crippen molar-refractivity contribution in [3.63, 3.8) is 0 Å². The van der Waals surface area contributed by atoms with E-state index < -0.39 is 11.7 Å². The Balaban J connectivity index is 2.61. The van der Waals surface area contributed by atoms with Gasteiger partial charge in [0.2, 0.25) is 0 Å². The Hall–Kier alpha value is -1.86. The Morgan fingerprint density at radius 2 is 2.00 bits per heavy atom. The van der Waals surface area contributed by atoms with E-state index in [1.165, 1.54) is 10.9 Å². The molecular formula is C14H9Br2F3N4O. The van der Waals surface area contributed by atoms with Crippen LogP contribution in [0.15, 0.2) is 32.3 Å². The van der Waals surface area contributed by atoms with Crippen LogP contribution in [0.25, 0.3) is 5.69 Å². The molecule has 0 fully saturated rings. The summed E-state index contributed by atoms with van der Waals surface area (Å²) in [6, 6.07) is 3.79. The van der Waals surface area contributed by atoms with E-state index in [2.05, 4.69) is 42.0 Å². The molecule has 0 amide bonds. The Bertz CT molecular complexity index is 801. The highest BCUT2D eigenvalue weighted by Crippen LogP contribution is 2.39. The first kappa shape index (κ1) is 18.5. The van der Waals surface area contributed by atoms with E-state index in [-0.39, 0.29) is 26.0 Å². The molecule has 10 heteroatoms. The van der Waals surface area contributed by atoms with Crippen LogP contribution in [0.1, 0.15) is 18.1 Å². The lowest BCUT2D eigenvalue weighted by atomic mass is 10.2. The van der Waals surface area contributed by atoms with Crippen LogP contribution in [0, 0.1) is 11.3 Å². The lowest BCUT2D eigenvalue weighted by molar-refractivity contribution is -0.137. The van der Waals surface area contributed by atoms with Crippen molar-refractivity contribution in [2.45, 2.75) is 13.1 Å². The van der Waals surface area contributed by atoms with Crippen molar-refractivity contribution < 1.29 is 17.9 Å². The molecule has 2 rings (SSSR count). The number of aliphatic imine (C=N–C) groups is 1. The highest BCUT2D eigenvalue weighted by Gasteiger charge is 2.32. The number of ether oxygens (including phenoxy) is 1. The number of nitriles is 1. The molecule has 1 aromatic carbocycles. The fourth-order valence-corrected chi connectivity index (χ4v) is 3.32. The van der Waals surface area contributed by atoms with Gasteiger partial charge in [0.15, 0.2) is 12.2 Å². The summed E-state index contributed by atoms with van der Waals surface area (Å²) in [5.41, 5.74) is -0.380. The lowest BCUT2D eigenvalue weighted by Crippen LogP contribution is -2.07. The van der Waals surface area contributed by atoms with Gasteiger partial charge in [-0.05, 0) is 50.9 Å². The van der Waals surface area contributed by atoms with Crippen molar-refractivity contribution in [1.82, 2.24) is 9.78 Å². The molecule has 24 heavy (non-hydrogen) atoms. The number of aromatic nitrogens is 2. The molecule has 1 heterocycles. The SMILES string of the molecule is CCOC=Nc1c(C#N)cnn1-c1c(Br)cc(C(F)(F)F)cc1Br. The van der Waals surface area contributed by atoms with Gasteiger partial charge in [-0.15, -0.1) is 0 Å². The van der Waals surface area contributed by atoms with Crippen LogP contribution in [0.3, 0.4) is 0 Å². The summed E-state index contributed by atoms with van der Waals surface area (Å²) in [5.74, 6) is 0.145. The Kier molecular flexibility index (Phi) is 5.66. The van der Waals surface area contributed by atoms with Crippen molar-refractivity contribution in [2.24, 2.45) is 4.99 Å². The van der Waals surface area contributed by atoms with Crippen molar-refractivity contribution in [3.05, 3.63) is 38.4 Å². The molecule has 0 atom stereocenters. The predicted molar refractivity (Wildman–Crippen MR) is 88.5 cm³/mol. The van der Waals surface area contributed by atoms with Crippen molar-refractivity contribution in [1.29, 1.82) is 5.26 Å². The molecule has 5 nitrogen and oxygen atoms in total. The van der Waals surface area contributed by atoms with Crippen LogP contribution in [-0.4, -0.2) is 22.8 Å². The third kappa shape index (κ3) is 3.79. The van der Waals surface area contributed by atoms with Gasteiger partial charge >= 0.3 is 6.18 Å². The third-order valence-electron chi connectivity index (χ3n) is 2.84. The first-order valence-electron chi connectivity index (χ1n) is 6.48. The van der Waals surface area contributed by atoms with Gasteiger partial charge in [0.1, 0.15) is 11.6 Å². The highest BCUT2D eigenvalue weighted by molar-refractivity contribution is 9.11. The van der Waals surface area contributed by atoms with Gasteiger partial charge in [-0.3, -0.25) is 0 Å². The van der Waals surface area contributed by atoms with Crippen LogP contribution in [0.5, 0.6) is 0 Å². The zero-order valence-corrected chi connectivity index (χ0v) is 15.3. The van der Waals surface area contributed by atoms with Crippen molar-refractivity contribution >= 4 is 44.1 Å². The number of hydrogen-bond donors (Lipinski definition) is 0. The summed E-state index contributed by atoms with van der Waals surface area (Å²) in [4.78, 5) is 4.02. The second-order valence-corrected chi connectivity index (χ2v) is 6.09. The smallest absolute Gasteiger partial charge is 0.416 e. The van der Waals surface area contributed by atoms with Gasteiger partial charge in [0.05, 0.1) is 24.1 Å². The van der Waals surface area contributed by atoms with Gasteiger partial charge in [-0.25, -0.2) is 4.68 Å². The van der Waals surface area contributed by atoms with Crippen molar-refractivity contribution in [2.75, 3.05) is 6.61 Å². The summed E-state index contributed by atoms with van der Waals surface area (Å²) >= 11 is 6.23. The standard InChI is InChI=1S/C14H9Br2F3N4O/c1-2-24-7-21-13-8(5-20)6-22-23(13)12-10(15)3-9(4-11(12)16)14(17,18)19/h3-4,6-7H,2H2,1H3. The summed E-state index contributed by atoms with van der Waals surface area (Å²) in [6.45, 7) is 2.14. The van der Waals surface area contributed by atoms with Crippen LogP contribution in [0.2, 0.25) is 0 Å². The fraction of sp³-hybridized carbons (Fsp3) is 0.214. The summed E-state index contributed by atoms with van der Waals surface area (Å²) < 4.78 is 45.2. The summed E-state index contributed by atoms with van der Waals surface area (Å²) in [5, 5.41) is 13.2. The molecule has 0 bridgehead atoms. The van der Waals surface area contributed by atoms with Gasteiger partial charge < -0.3 is 4.74 Å². The van der Waals surface area contributed by atoms with E-state index in [0.29, 0.717) is 6.61 Å². The van der Waals surface area contributed by atoms with E-state index in [1.807, 2.05) is 6.07 Å². The number of halogens is 5. The largest absolute Gasteiger partial charge is 0.483 e. The fourth-order valence-electron chi connectivity index (χ4n) is 1.80. The minimum absolute atomic E-state index is 0.143. The monoisotopic (exact) mass is 464 g/mol. The zero-order valence-electron chi connectivity index (χ0n) is 12.1. The van der Waals surface area contributed by atoms with Crippen LogP contribution in [-0.2, 0) is 10.9 Å². The number of alkyl halides is 3. The first-order chi connectivity index (χ1) is 11.3. The quantitative estimate of drug-likeness (QED) is 0.472. The molecule has 0 radical (unpaired) electrons. The number of rotatable bonds is 4. The normalized spacial score (nSPS) is 11.7. The molecule has 0 N–H and O–H groups in total. The third-order valence-corrected chi connectivity index (χ3v) is 4.05. The highest BCUT2D eigenvalue weighted by atomic mass is 79.9. The second kappa shape index (κ2) is 7.36. The molecule has 2 aromatic rings. The molecule has 0 saturated heterocycles. The Morgan fingerprint density at radius 3 is 2.50 bits per heavy atom. The van der Waals surface area contributed by atoms with E-state index in [1.54, 1.807) is 6.92 Å². The van der Waals surface area contributed by atoms with Gasteiger partial charge in [0.25, 0.3) is 0 Å². The molecule has 0 aliphatic rings. The van der Waals surface area contributed by atoms with Gasteiger partial charge in [-0.1, -0.05) is 0 Å². The Labute approximate surface area is 152 Å². The van der Waals surface area contributed by atoms with Gasteiger partial charge in [-0.2, -0.15) is 28.5 Å². The second-order valence-electron chi connectivity index (χ2n) is 4.38. The van der Waals surface area contributed by atoms with Crippen LogP contribution >= 0.6 is 31.9 Å². The van der Waals surface area contributed by atoms with Crippen LogP contribution < -0.4 is 0 Å². The molecule has 1 aromatic heterocycles. The summed E-state index contributed by atoms with van der Waals surface area (Å²) in [6.07, 6.45) is -2.06. The average molecular weight is 466 g/mol. The lowest BCUT2D eigenvalue weighted by Gasteiger charge is -2.13. The van der Waals surface area contributed by atoms with Crippen molar-refractivity contribution in [3.8, 4) is 11.8 Å². The average Bonchev–Trinajstić information content (AvgIpc) is 2.89. The summed E-state index contributed by atoms with van der Waals surface area (Å²) in [7, 11) is 0. The Morgan fingerprint density at radius 1 is 1.38 bits per heavy atom. The minimum atomic E-state index is -4.48. The maximum atomic E-state index is 12.9. The van der Waals surface area contributed by atoms with E-state index in [9.17, 15) is 13.2 Å². The molecule has 0 aliphatic carbocycles. The number of hydrogen-bond acceptors (Lipinski definition) is 4. The van der Waals surface area contributed by atoms with E-state index >= 15 is 0 Å². The van der Waals surface area contributed by atoms with E-state index in [0.717, 1.165) is 18.5 Å². The minimum Gasteiger partial charge on any atom is -0.483 e. The maximum Gasteiger partial charge on any atom is 0.416 e. The first-order valence-corrected chi connectivity index (χ1v) is 8.07.